The zero-order valence-corrected chi connectivity index (χ0v) is 15.1. The lowest BCUT2D eigenvalue weighted by molar-refractivity contribution is -0.118. The Morgan fingerprint density at radius 3 is 2.96 bits per heavy atom. The molecule has 2 aromatic heterocycles. The number of carbonyl (C=O) groups excluding carboxylic acids is 1. The van der Waals surface area contributed by atoms with Gasteiger partial charge in [-0.05, 0) is 30.4 Å². The molecule has 0 fully saturated rings. The quantitative estimate of drug-likeness (QED) is 0.534. The highest BCUT2D eigenvalue weighted by molar-refractivity contribution is 7.99. The zero-order valence-electron chi connectivity index (χ0n) is 13.5. The summed E-state index contributed by atoms with van der Waals surface area (Å²) < 4.78 is 0. The van der Waals surface area contributed by atoms with Crippen LogP contribution in [0, 0.1) is 0 Å². The minimum Gasteiger partial charge on any atom is -0.351 e. The first kappa shape index (κ1) is 16.4. The summed E-state index contributed by atoms with van der Waals surface area (Å²) in [7, 11) is 0. The maximum atomic E-state index is 12.4. The lowest BCUT2D eigenvalue weighted by Crippen LogP contribution is -2.24. The van der Waals surface area contributed by atoms with E-state index in [-0.39, 0.29) is 17.2 Å². The standard InChI is InChI=1S/C18H17N3O2S2/c22-14(19-9-11-5-2-1-3-6-11)10-24-18-20-16(23)15-12-7-4-8-13(12)25-17(15)21-18/h1-3,5-6H,4,7-10H2,(H,19,22)(H,20,21,23). The van der Waals surface area contributed by atoms with Crippen LogP contribution in [0.25, 0.3) is 10.2 Å². The third kappa shape index (κ3) is 3.48. The number of fused-ring (bicyclic) bond motifs is 3. The Morgan fingerprint density at radius 2 is 2.12 bits per heavy atom. The molecule has 0 saturated heterocycles. The number of H-pyrrole nitrogens is 1. The van der Waals surface area contributed by atoms with E-state index < -0.39 is 0 Å². The summed E-state index contributed by atoms with van der Waals surface area (Å²) in [5, 5.41) is 4.13. The van der Waals surface area contributed by atoms with E-state index in [1.165, 1.54) is 22.2 Å². The molecule has 5 nitrogen and oxygen atoms in total. The first-order valence-electron chi connectivity index (χ1n) is 8.18. The fraction of sp³-hybridized carbons (Fsp3) is 0.278. The number of thiophene rings is 1. The van der Waals surface area contributed by atoms with Crippen molar-refractivity contribution in [3.8, 4) is 0 Å². The van der Waals surface area contributed by atoms with Gasteiger partial charge in [0.05, 0.1) is 11.1 Å². The van der Waals surface area contributed by atoms with Crippen molar-refractivity contribution in [2.45, 2.75) is 31.0 Å². The van der Waals surface area contributed by atoms with Crippen molar-refractivity contribution in [2.75, 3.05) is 5.75 Å². The molecule has 0 radical (unpaired) electrons. The number of aromatic amines is 1. The average Bonchev–Trinajstić information content (AvgIpc) is 3.19. The monoisotopic (exact) mass is 371 g/mol. The van der Waals surface area contributed by atoms with Crippen LogP contribution in [-0.4, -0.2) is 21.6 Å². The van der Waals surface area contributed by atoms with Gasteiger partial charge in [-0.25, -0.2) is 4.98 Å². The summed E-state index contributed by atoms with van der Waals surface area (Å²) >= 11 is 2.87. The van der Waals surface area contributed by atoms with Gasteiger partial charge in [0.2, 0.25) is 5.91 Å². The van der Waals surface area contributed by atoms with Gasteiger partial charge in [0.15, 0.2) is 5.16 Å². The normalized spacial score (nSPS) is 13.1. The summed E-state index contributed by atoms with van der Waals surface area (Å²) in [6.07, 6.45) is 3.13. The third-order valence-electron chi connectivity index (χ3n) is 4.23. The molecule has 0 unspecified atom stereocenters. The van der Waals surface area contributed by atoms with Crippen LogP contribution in [-0.2, 0) is 24.2 Å². The van der Waals surface area contributed by atoms with Crippen molar-refractivity contribution in [1.29, 1.82) is 0 Å². The van der Waals surface area contributed by atoms with Crippen LogP contribution in [0.3, 0.4) is 0 Å². The van der Waals surface area contributed by atoms with Crippen LogP contribution in [0.4, 0.5) is 0 Å². The summed E-state index contributed by atoms with van der Waals surface area (Å²) in [5.74, 6) is 0.150. The molecule has 1 aliphatic rings. The molecule has 128 valence electrons. The molecule has 2 N–H and O–H groups in total. The summed E-state index contributed by atoms with van der Waals surface area (Å²) in [4.78, 5) is 33.8. The van der Waals surface area contributed by atoms with E-state index in [2.05, 4.69) is 15.3 Å². The van der Waals surface area contributed by atoms with Gasteiger partial charge in [0.25, 0.3) is 5.56 Å². The zero-order chi connectivity index (χ0) is 17.2. The van der Waals surface area contributed by atoms with Gasteiger partial charge in [-0.3, -0.25) is 9.59 Å². The highest BCUT2D eigenvalue weighted by Crippen LogP contribution is 2.34. The SMILES string of the molecule is O=C(CSc1nc2sc3c(c2c(=O)[nH]1)CCC3)NCc1ccccc1. The minimum absolute atomic E-state index is 0.0785. The predicted octanol–water partition coefficient (Wildman–Crippen LogP) is 2.88. The van der Waals surface area contributed by atoms with E-state index in [0.717, 1.165) is 35.0 Å². The second kappa shape index (κ2) is 7.01. The Hall–Kier alpha value is -2.12. The number of carbonyl (C=O) groups is 1. The van der Waals surface area contributed by atoms with Crippen LogP contribution in [0.2, 0.25) is 0 Å². The van der Waals surface area contributed by atoms with Crippen molar-refractivity contribution in [1.82, 2.24) is 15.3 Å². The van der Waals surface area contributed by atoms with Gasteiger partial charge in [-0.15, -0.1) is 11.3 Å². The van der Waals surface area contributed by atoms with Gasteiger partial charge >= 0.3 is 0 Å². The molecule has 3 aromatic rings. The van der Waals surface area contributed by atoms with Crippen LogP contribution in [0.1, 0.15) is 22.4 Å². The first-order valence-corrected chi connectivity index (χ1v) is 9.99. The summed E-state index contributed by atoms with van der Waals surface area (Å²) in [6, 6.07) is 9.77. The van der Waals surface area contributed by atoms with Gasteiger partial charge in [-0.1, -0.05) is 42.1 Å². The van der Waals surface area contributed by atoms with E-state index in [9.17, 15) is 9.59 Å². The van der Waals surface area contributed by atoms with E-state index in [1.807, 2.05) is 30.3 Å². The van der Waals surface area contributed by atoms with Gasteiger partial charge in [-0.2, -0.15) is 0 Å². The third-order valence-corrected chi connectivity index (χ3v) is 6.28. The summed E-state index contributed by atoms with van der Waals surface area (Å²) in [6.45, 7) is 0.501. The maximum Gasteiger partial charge on any atom is 0.260 e. The summed E-state index contributed by atoms with van der Waals surface area (Å²) in [5.41, 5.74) is 2.14. The number of nitrogens with one attached hydrogen (secondary N) is 2. The molecule has 1 aliphatic carbocycles. The Bertz CT molecular complexity index is 979. The second-order valence-corrected chi connectivity index (χ2v) is 8.01. The second-order valence-electron chi connectivity index (χ2n) is 5.96. The van der Waals surface area contributed by atoms with E-state index in [4.69, 9.17) is 0 Å². The van der Waals surface area contributed by atoms with Crippen molar-refractivity contribution in [3.63, 3.8) is 0 Å². The number of benzene rings is 1. The van der Waals surface area contributed by atoms with Gasteiger partial charge in [0.1, 0.15) is 4.83 Å². The Balaban J connectivity index is 1.41. The molecular weight excluding hydrogens is 354 g/mol. The van der Waals surface area contributed by atoms with Crippen LogP contribution in [0.15, 0.2) is 40.3 Å². The molecule has 1 amide bonds. The van der Waals surface area contributed by atoms with Crippen LogP contribution >= 0.6 is 23.1 Å². The fourth-order valence-electron chi connectivity index (χ4n) is 3.03. The van der Waals surface area contributed by atoms with E-state index >= 15 is 0 Å². The number of hydrogen-bond acceptors (Lipinski definition) is 5. The number of amides is 1. The Morgan fingerprint density at radius 1 is 1.28 bits per heavy atom. The number of thioether (sulfide) groups is 1. The molecular formula is C18H17N3O2S2. The molecule has 7 heteroatoms. The van der Waals surface area contributed by atoms with E-state index in [1.54, 1.807) is 11.3 Å². The molecule has 4 rings (SSSR count). The Kier molecular flexibility index (Phi) is 4.59. The Labute approximate surface area is 152 Å². The van der Waals surface area contributed by atoms with Gasteiger partial charge < -0.3 is 10.3 Å². The topological polar surface area (TPSA) is 74.8 Å². The largest absolute Gasteiger partial charge is 0.351 e. The minimum atomic E-state index is -0.0865. The smallest absolute Gasteiger partial charge is 0.260 e. The van der Waals surface area contributed by atoms with Crippen molar-refractivity contribution in [2.24, 2.45) is 0 Å². The number of hydrogen-bond donors (Lipinski definition) is 2. The number of nitrogens with zero attached hydrogens (tertiary/aromatic N) is 1. The average molecular weight is 371 g/mol. The van der Waals surface area contributed by atoms with Crippen molar-refractivity contribution < 1.29 is 4.79 Å². The van der Waals surface area contributed by atoms with Crippen LogP contribution in [0.5, 0.6) is 0 Å². The molecule has 25 heavy (non-hydrogen) atoms. The molecule has 1 aromatic carbocycles. The molecule has 0 saturated carbocycles. The molecule has 0 atom stereocenters. The lowest BCUT2D eigenvalue weighted by atomic mass is 10.2. The van der Waals surface area contributed by atoms with Crippen molar-refractivity contribution in [3.05, 3.63) is 56.7 Å². The van der Waals surface area contributed by atoms with Gasteiger partial charge in [0, 0.05) is 11.4 Å². The fourth-order valence-corrected chi connectivity index (χ4v) is 5.04. The highest BCUT2D eigenvalue weighted by atomic mass is 32.2. The predicted molar refractivity (Wildman–Crippen MR) is 101 cm³/mol. The molecule has 0 bridgehead atoms. The highest BCUT2D eigenvalue weighted by Gasteiger charge is 2.21. The number of aromatic nitrogens is 2. The lowest BCUT2D eigenvalue weighted by Gasteiger charge is -2.05. The molecule has 0 spiro atoms. The first-order chi connectivity index (χ1) is 12.2. The maximum absolute atomic E-state index is 12.4. The number of aryl methyl sites for hydroxylation is 2. The number of rotatable bonds is 5. The van der Waals surface area contributed by atoms with Crippen molar-refractivity contribution >= 4 is 39.2 Å². The molecule has 2 heterocycles. The van der Waals surface area contributed by atoms with E-state index in [0.29, 0.717) is 11.7 Å². The van der Waals surface area contributed by atoms with Crippen LogP contribution < -0.4 is 10.9 Å². The molecule has 0 aliphatic heterocycles.